The maximum Gasteiger partial charge on any atom is 0.191 e. The summed E-state index contributed by atoms with van der Waals surface area (Å²) >= 11 is 0. The van der Waals surface area contributed by atoms with Crippen LogP contribution in [0.15, 0.2) is 29.3 Å². The van der Waals surface area contributed by atoms with Crippen LogP contribution in [0.5, 0.6) is 5.75 Å². The monoisotopic (exact) mass is 376 g/mol. The van der Waals surface area contributed by atoms with Crippen molar-refractivity contribution in [2.45, 2.75) is 45.3 Å². The molecule has 6 heteroatoms. The Morgan fingerprint density at radius 3 is 2.59 bits per heavy atom. The Morgan fingerprint density at radius 2 is 1.96 bits per heavy atom. The minimum absolute atomic E-state index is 0.524. The number of nitrogens with zero attached hydrogens (tertiary/aromatic N) is 2. The molecule has 1 aromatic rings. The van der Waals surface area contributed by atoms with E-state index in [0.29, 0.717) is 12.6 Å². The zero-order chi connectivity index (χ0) is 19.3. The molecule has 1 fully saturated rings. The summed E-state index contributed by atoms with van der Waals surface area (Å²) in [4.78, 5) is 6.90. The van der Waals surface area contributed by atoms with Crippen molar-refractivity contribution in [3.8, 4) is 5.75 Å². The topological polar surface area (TPSA) is 58.1 Å². The van der Waals surface area contributed by atoms with Crippen molar-refractivity contribution in [1.29, 1.82) is 0 Å². The molecule has 0 amide bonds. The van der Waals surface area contributed by atoms with Gasteiger partial charge in [-0.1, -0.05) is 19.1 Å². The standard InChI is InChI=1S/C21H36N4O2/c1-4-13-25-14-10-19(11-15-25)24-21(22-2)23-12-5-16-27-17-18-6-8-20(26-3)9-7-18/h6-9,19H,4-5,10-17H2,1-3H3,(H2,22,23,24). The van der Waals surface area contributed by atoms with E-state index in [9.17, 15) is 0 Å². The Kier molecular flexibility index (Phi) is 10.0. The van der Waals surface area contributed by atoms with Gasteiger partial charge in [0.1, 0.15) is 5.75 Å². The van der Waals surface area contributed by atoms with Crippen molar-refractivity contribution in [3.05, 3.63) is 29.8 Å². The zero-order valence-corrected chi connectivity index (χ0v) is 17.2. The third kappa shape index (κ3) is 8.18. The molecule has 1 aliphatic rings. The summed E-state index contributed by atoms with van der Waals surface area (Å²) in [6.45, 7) is 8.05. The molecule has 6 nitrogen and oxygen atoms in total. The van der Waals surface area contributed by atoms with Crippen LogP contribution in [0.3, 0.4) is 0 Å². The fourth-order valence-electron chi connectivity index (χ4n) is 3.30. The Morgan fingerprint density at radius 1 is 1.22 bits per heavy atom. The van der Waals surface area contributed by atoms with Gasteiger partial charge in [-0.15, -0.1) is 0 Å². The third-order valence-electron chi connectivity index (χ3n) is 4.88. The first-order chi connectivity index (χ1) is 13.2. The molecule has 0 unspecified atom stereocenters. The average molecular weight is 377 g/mol. The molecular formula is C21H36N4O2. The smallest absolute Gasteiger partial charge is 0.191 e. The fraction of sp³-hybridized carbons (Fsp3) is 0.667. The normalized spacial score (nSPS) is 16.3. The molecule has 0 aliphatic carbocycles. The molecule has 1 aliphatic heterocycles. The predicted octanol–water partition coefficient (Wildman–Crippen LogP) is 2.64. The molecule has 2 rings (SSSR count). The van der Waals surface area contributed by atoms with E-state index in [-0.39, 0.29) is 0 Å². The maximum atomic E-state index is 5.75. The number of ether oxygens (including phenoxy) is 2. The molecule has 1 aromatic carbocycles. The van der Waals surface area contributed by atoms with Gasteiger partial charge in [0.2, 0.25) is 0 Å². The summed E-state index contributed by atoms with van der Waals surface area (Å²) in [7, 11) is 3.51. The molecule has 0 saturated carbocycles. The van der Waals surface area contributed by atoms with Gasteiger partial charge in [-0.2, -0.15) is 0 Å². The number of piperidine rings is 1. The van der Waals surface area contributed by atoms with E-state index < -0.39 is 0 Å². The van der Waals surface area contributed by atoms with E-state index in [1.807, 2.05) is 31.3 Å². The molecule has 0 atom stereocenters. The van der Waals surface area contributed by atoms with E-state index >= 15 is 0 Å². The van der Waals surface area contributed by atoms with Crippen LogP contribution >= 0.6 is 0 Å². The minimum atomic E-state index is 0.524. The molecule has 1 heterocycles. The molecule has 0 aromatic heterocycles. The number of likely N-dealkylation sites (tertiary alicyclic amines) is 1. The SMILES string of the molecule is CCCN1CCC(NC(=NC)NCCCOCc2ccc(OC)cc2)CC1. The number of guanidine groups is 1. The Balaban J connectivity index is 1.54. The van der Waals surface area contributed by atoms with E-state index in [0.717, 1.165) is 36.8 Å². The highest BCUT2D eigenvalue weighted by Crippen LogP contribution is 2.12. The number of hydrogen-bond acceptors (Lipinski definition) is 4. The van der Waals surface area contributed by atoms with Crippen LogP contribution in [-0.4, -0.2) is 63.8 Å². The molecule has 0 spiro atoms. The van der Waals surface area contributed by atoms with Crippen molar-refractivity contribution in [3.63, 3.8) is 0 Å². The quantitative estimate of drug-likeness (QED) is 0.373. The Hall–Kier alpha value is -1.79. The van der Waals surface area contributed by atoms with Crippen LogP contribution in [0.1, 0.15) is 38.2 Å². The van der Waals surface area contributed by atoms with E-state index in [1.54, 1.807) is 7.11 Å². The highest BCUT2D eigenvalue weighted by Gasteiger charge is 2.19. The molecule has 27 heavy (non-hydrogen) atoms. The molecule has 0 radical (unpaired) electrons. The Bertz CT molecular complexity index is 540. The van der Waals surface area contributed by atoms with Crippen LogP contribution in [0.2, 0.25) is 0 Å². The molecule has 152 valence electrons. The summed E-state index contributed by atoms with van der Waals surface area (Å²) in [5.74, 6) is 1.77. The lowest BCUT2D eigenvalue weighted by Crippen LogP contribution is -2.48. The first kappa shape index (κ1) is 21.5. The second kappa shape index (κ2) is 12.6. The maximum absolute atomic E-state index is 5.75. The van der Waals surface area contributed by atoms with Crippen LogP contribution in [0, 0.1) is 0 Å². The largest absolute Gasteiger partial charge is 0.497 e. The van der Waals surface area contributed by atoms with Gasteiger partial charge in [0.25, 0.3) is 0 Å². The number of aliphatic imine (C=N–C) groups is 1. The van der Waals surface area contributed by atoms with Gasteiger partial charge in [-0.05, 0) is 49.9 Å². The predicted molar refractivity (Wildman–Crippen MR) is 112 cm³/mol. The Labute approximate surface area is 164 Å². The van der Waals surface area contributed by atoms with Gasteiger partial charge < -0.3 is 25.0 Å². The highest BCUT2D eigenvalue weighted by molar-refractivity contribution is 5.79. The molecular weight excluding hydrogens is 340 g/mol. The van der Waals surface area contributed by atoms with Gasteiger partial charge in [-0.25, -0.2) is 0 Å². The summed E-state index contributed by atoms with van der Waals surface area (Å²) < 4.78 is 10.9. The van der Waals surface area contributed by atoms with Crippen molar-refractivity contribution < 1.29 is 9.47 Å². The average Bonchev–Trinajstić information content (AvgIpc) is 2.71. The van der Waals surface area contributed by atoms with E-state index in [1.165, 1.54) is 38.9 Å². The van der Waals surface area contributed by atoms with Crippen LogP contribution in [-0.2, 0) is 11.3 Å². The summed E-state index contributed by atoms with van der Waals surface area (Å²) in [5.41, 5.74) is 1.16. The minimum Gasteiger partial charge on any atom is -0.497 e. The van der Waals surface area contributed by atoms with Gasteiger partial charge in [0, 0.05) is 39.3 Å². The van der Waals surface area contributed by atoms with Crippen LogP contribution in [0.4, 0.5) is 0 Å². The van der Waals surface area contributed by atoms with Crippen molar-refractivity contribution in [1.82, 2.24) is 15.5 Å². The number of rotatable bonds is 10. The lowest BCUT2D eigenvalue weighted by atomic mass is 10.1. The van der Waals surface area contributed by atoms with Crippen molar-refractivity contribution >= 4 is 5.96 Å². The molecule has 1 saturated heterocycles. The van der Waals surface area contributed by atoms with Gasteiger partial charge >= 0.3 is 0 Å². The second-order valence-electron chi connectivity index (χ2n) is 7.01. The lowest BCUT2D eigenvalue weighted by molar-refractivity contribution is 0.119. The summed E-state index contributed by atoms with van der Waals surface area (Å²) in [6.07, 6.45) is 4.56. The van der Waals surface area contributed by atoms with Gasteiger partial charge in [-0.3, -0.25) is 4.99 Å². The van der Waals surface area contributed by atoms with Crippen molar-refractivity contribution in [2.24, 2.45) is 4.99 Å². The third-order valence-corrected chi connectivity index (χ3v) is 4.88. The summed E-state index contributed by atoms with van der Waals surface area (Å²) in [6, 6.07) is 8.52. The first-order valence-corrected chi connectivity index (χ1v) is 10.1. The van der Waals surface area contributed by atoms with Gasteiger partial charge in [0.15, 0.2) is 5.96 Å². The van der Waals surface area contributed by atoms with E-state index in [2.05, 4.69) is 27.4 Å². The highest BCUT2D eigenvalue weighted by atomic mass is 16.5. The lowest BCUT2D eigenvalue weighted by Gasteiger charge is -2.32. The second-order valence-corrected chi connectivity index (χ2v) is 7.01. The number of benzene rings is 1. The van der Waals surface area contributed by atoms with Crippen LogP contribution in [0.25, 0.3) is 0 Å². The number of nitrogens with one attached hydrogen (secondary N) is 2. The summed E-state index contributed by atoms with van der Waals surface area (Å²) in [5, 5.41) is 6.95. The molecule has 2 N–H and O–H groups in total. The molecule has 0 bridgehead atoms. The first-order valence-electron chi connectivity index (χ1n) is 10.1. The van der Waals surface area contributed by atoms with E-state index in [4.69, 9.17) is 9.47 Å². The fourth-order valence-corrected chi connectivity index (χ4v) is 3.30. The number of methoxy groups -OCH3 is 1. The van der Waals surface area contributed by atoms with Gasteiger partial charge in [0.05, 0.1) is 13.7 Å². The van der Waals surface area contributed by atoms with Crippen molar-refractivity contribution in [2.75, 3.05) is 46.9 Å². The zero-order valence-electron chi connectivity index (χ0n) is 17.2. The number of hydrogen-bond donors (Lipinski definition) is 2. The van der Waals surface area contributed by atoms with Crippen LogP contribution < -0.4 is 15.4 Å².